The summed E-state index contributed by atoms with van der Waals surface area (Å²) in [6, 6.07) is 27.3. The molecule has 0 aromatic heterocycles. The Morgan fingerprint density at radius 3 is 1.58 bits per heavy atom. The molecule has 0 heterocycles. The monoisotopic (exact) mass is 444 g/mol. The first kappa shape index (κ1) is 23.0. The van der Waals surface area contributed by atoms with Crippen LogP contribution in [-0.2, 0) is 0 Å². The first-order valence-corrected chi connectivity index (χ1v) is 9.81. The molecule has 4 aromatic rings. The molecule has 8 heteroatoms. The second-order valence-electron chi connectivity index (χ2n) is 6.83. The number of methoxy groups -OCH3 is 1. The van der Waals surface area contributed by atoms with Crippen LogP contribution in [0.1, 0.15) is 0 Å². The van der Waals surface area contributed by atoms with Gasteiger partial charge >= 0.3 is 0 Å². The van der Waals surface area contributed by atoms with E-state index in [0.717, 1.165) is 17.2 Å². The summed E-state index contributed by atoms with van der Waals surface area (Å²) < 4.78 is 4.99. The predicted molar refractivity (Wildman–Crippen MR) is 125 cm³/mol. The van der Waals surface area contributed by atoms with Gasteiger partial charge in [0, 0.05) is 0 Å². The van der Waals surface area contributed by atoms with Gasteiger partial charge in [-0.3, -0.25) is 20.2 Å². The maximum absolute atomic E-state index is 11.0. The topological polar surface area (TPSA) is 116 Å². The molecule has 0 saturated heterocycles. The summed E-state index contributed by atoms with van der Waals surface area (Å²) in [4.78, 5) is 21.0. The quantitative estimate of drug-likeness (QED) is 0.288. The average Bonchev–Trinajstić information content (AvgIpc) is 2.85. The Morgan fingerprint density at radius 1 is 0.667 bits per heavy atom. The van der Waals surface area contributed by atoms with E-state index < -0.39 is 9.85 Å². The van der Waals surface area contributed by atoms with Crippen LogP contribution in [0.25, 0.3) is 22.3 Å². The lowest BCUT2D eigenvalue weighted by Crippen LogP contribution is -1.93. The summed E-state index contributed by atoms with van der Waals surface area (Å²) in [5.41, 5.74) is 2.64. The fraction of sp³-hybridized carbons (Fsp3) is 0.0400. The number of phenolic OH excluding ortho intramolecular Hbond substituents is 1. The second kappa shape index (κ2) is 10.5. The zero-order valence-electron chi connectivity index (χ0n) is 17.6. The molecule has 0 unspecified atom stereocenters. The molecule has 0 fully saturated rings. The van der Waals surface area contributed by atoms with Gasteiger partial charge in [-0.15, -0.1) is 0 Å². The van der Waals surface area contributed by atoms with Crippen LogP contribution in [0.15, 0.2) is 97.1 Å². The molecule has 1 N–H and O–H groups in total. The third-order valence-corrected chi connectivity index (χ3v) is 4.75. The van der Waals surface area contributed by atoms with Crippen molar-refractivity contribution in [1.29, 1.82) is 0 Å². The van der Waals surface area contributed by atoms with Gasteiger partial charge < -0.3 is 9.84 Å². The third-order valence-electron chi connectivity index (χ3n) is 4.75. The van der Waals surface area contributed by atoms with Crippen molar-refractivity contribution in [3.63, 3.8) is 0 Å². The van der Waals surface area contributed by atoms with E-state index in [1.807, 2.05) is 48.5 Å². The molecular weight excluding hydrogens is 424 g/mol. The average molecular weight is 444 g/mol. The van der Waals surface area contributed by atoms with E-state index in [2.05, 4.69) is 0 Å². The first-order valence-electron chi connectivity index (χ1n) is 9.81. The van der Waals surface area contributed by atoms with E-state index in [4.69, 9.17) is 4.74 Å². The number of nitro groups is 2. The van der Waals surface area contributed by atoms with Gasteiger partial charge in [-0.05, 0) is 35.4 Å². The number of nitrogens with zero attached hydrogens (tertiary/aromatic N) is 2. The Morgan fingerprint density at radius 2 is 1.12 bits per heavy atom. The minimum absolute atomic E-state index is 0.0514. The molecule has 4 rings (SSSR count). The predicted octanol–water partition coefficient (Wildman–Crippen LogP) is 6.24. The van der Waals surface area contributed by atoms with E-state index in [1.54, 1.807) is 30.3 Å². The van der Waals surface area contributed by atoms with Crippen molar-refractivity contribution >= 4 is 11.4 Å². The number of rotatable bonds is 5. The standard InChI is InChI=1S/C13H11NO3.C12H9NO3/c1-17-11-7-8-12(13(9-11)14(15)16)10-5-3-2-4-6-10;14-10-6-7-11(12(8-10)13(15)16)9-4-2-1-3-5-9/h2-9H,1H3;1-8,14H. The van der Waals surface area contributed by atoms with Crippen LogP contribution in [-0.4, -0.2) is 22.1 Å². The van der Waals surface area contributed by atoms with Crippen LogP contribution >= 0.6 is 0 Å². The Hall–Kier alpha value is -4.72. The van der Waals surface area contributed by atoms with E-state index in [0.29, 0.717) is 16.9 Å². The smallest absolute Gasteiger partial charge is 0.280 e. The van der Waals surface area contributed by atoms with Crippen LogP contribution in [0.3, 0.4) is 0 Å². The number of benzene rings is 4. The van der Waals surface area contributed by atoms with E-state index >= 15 is 0 Å². The molecule has 0 atom stereocenters. The largest absolute Gasteiger partial charge is 0.508 e. The SMILES string of the molecule is COc1ccc(-c2ccccc2)c([N+](=O)[O-])c1.O=[N+]([O-])c1cc(O)ccc1-c1ccccc1. The highest BCUT2D eigenvalue weighted by Gasteiger charge is 2.16. The number of hydrogen-bond donors (Lipinski definition) is 1. The van der Waals surface area contributed by atoms with Gasteiger partial charge in [-0.25, -0.2) is 0 Å². The lowest BCUT2D eigenvalue weighted by atomic mass is 10.0. The highest BCUT2D eigenvalue weighted by molar-refractivity contribution is 5.75. The Labute approximate surface area is 189 Å². The molecule has 33 heavy (non-hydrogen) atoms. The zero-order chi connectivity index (χ0) is 23.8. The molecule has 0 saturated carbocycles. The van der Waals surface area contributed by atoms with Crippen LogP contribution in [0.4, 0.5) is 11.4 Å². The van der Waals surface area contributed by atoms with Crippen molar-refractivity contribution in [3.05, 3.63) is 117 Å². The fourth-order valence-corrected chi connectivity index (χ4v) is 3.18. The van der Waals surface area contributed by atoms with Crippen molar-refractivity contribution in [2.24, 2.45) is 0 Å². The minimum atomic E-state index is -0.498. The van der Waals surface area contributed by atoms with Gasteiger partial charge in [0.2, 0.25) is 0 Å². The number of aromatic hydroxyl groups is 1. The fourth-order valence-electron chi connectivity index (χ4n) is 3.18. The summed E-state index contributed by atoms with van der Waals surface area (Å²) in [6.45, 7) is 0. The second-order valence-corrected chi connectivity index (χ2v) is 6.83. The van der Waals surface area contributed by atoms with Crippen LogP contribution in [0.2, 0.25) is 0 Å². The zero-order valence-corrected chi connectivity index (χ0v) is 17.6. The lowest BCUT2D eigenvalue weighted by Gasteiger charge is -2.05. The maximum atomic E-state index is 11.0. The normalized spacial score (nSPS) is 9.97. The first-order chi connectivity index (χ1) is 15.9. The number of hydrogen-bond acceptors (Lipinski definition) is 6. The van der Waals surface area contributed by atoms with Gasteiger partial charge in [0.05, 0.1) is 40.2 Å². The minimum Gasteiger partial charge on any atom is -0.508 e. The number of ether oxygens (including phenoxy) is 1. The Bertz CT molecular complexity index is 1260. The Kier molecular flexibility index (Phi) is 7.33. The summed E-state index contributed by atoms with van der Waals surface area (Å²) in [7, 11) is 1.49. The molecular formula is C25H20N2O6. The highest BCUT2D eigenvalue weighted by Crippen LogP contribution is 2.33. The number of phenols is 1. The Balaban J connectivity index is 0.000000186. The summed E-state index contributed by atoms with van der Waals surface area (Å²) in [5.74, 6) is 0.378. The molecule has 0 radical (unpaired) electrons. The maximum Gasteiger partial charge on any atom is 0.280 e. The van der Waals surface area contributed by atoms with E-state index in [-0.39, 0.29) is 17.1 Å². The van der Waals surface area contributed by atoms with Gasteiger partial charge in [0.25, 0.3) is 11.4 Å². The van der Waals surface area contributed by atoms with Gasteiger partial charge in [0.1, 0.15) is 11.5 Å². The van der Waals surface area contributed by atoms with E-state index in [1.165, 1.54) is 19.2 Å². The van der Waals surface area contributed by atoms with Gasteiger partial charge in [-0.2, -0.15) is 0 Å². The molecule has 0 aliphatic rings. The highest BCUT2D eigenvalue weighted by atomic mass is 16.6. The lowest BCUT2D eigenvalue weighted by molar-refractivity contribution is -0.384. The molecule has 0 aliphatic carbocycles. The summed E-state index contributed by atoms with van der Waals surface area (Å²) in [5, 5.41) is 31.1. The van der Waals surface area contributed by atoms with E-state index in [9.17, 15) is 25.3 Å². The molecule has 4 aromatic carbocycles. The molecule has 0 bridgehead atoms. The van der Waals surface area contributed by atoms with Crippen LogP contribution in [0.5, 0.6) is 11.5 Å². The molecule has 8 nitrogen and oxygen atoms in total. The van der Waals surface area contributed by atoms with Crippen molar-refractivity contribution in [3.8, 4) is 33.8 Å². The van der Waals surface area contributed by atoms with Gasteiger partial charge in [0.15, 0.2) is 0 Å². The van der Waals surface area contributed by atoms with Crippen molar-refractivity contribution in [2.75, 3.05) is 7.11 Å². The molecule has 0 amide bonds. The van der Waals surface area contributed by atoms with Crippen LogP contribution < -0.4 is 4.74 Å². The van der Waals surface area contributed by atoms with Crippen LogP contribution in [0, 0.1) is 20.2 Å². The molecule has 0 spiro atoms. The molecule has 0 aliphatic heterocycles. The third kappa shape index (κ3) is 5.71. The summed E-state index contributed by atoms with van der Waals surface area (Å²) in [6.07, 6.45) is 0. The van der Waals surface area contributed by atoms with Gasteiger partial charge in [-0.1, -0.05) is 60.7 Å². The van der Waals surface area contributed by atoms with Crippen molar-refractivity contribution in [1.82, 2.24) is 0 Å². The molecule has 166 valence electrons. The summed E-state index contributed by atoms with van der Waals surface area (Å²) >= 11 is 0. The number of nitro benzene ring substituents is 2. The van der Waals surface area contributed by atoms with Crippen molar-refractivity contribution in [2.45, 2.75) is 0 Å². The van der Waals surface area contributed by atoms with Crippen molar-refractivity contribution < 1.29 is 19.7 Å².